The van der Waals surface area contributed by atoms with Crippen molar-refractivity contribution < 1.29 is 9.13 Å². The first-order valence-electron chi connectivity index (χ1n) is 8.05. The van der Waals surface area contributed by atoms with E-state index in [2.05, 4.69) is 20.7 Å². The van der Waals surface area contributed by atoms with Crippen molar-refractivity contribution in [3.8, 4) is 5.75 Å². The highest BCUT2D eigenvalue weighted by atomic mass is 127. The highest BCUT2D eigenvalue weighted by Crippen LogP contribution is 2.17. The Bertz CT molecular complexity index is 648. The summed E-state index contributed by atoms with van der Waals surface area (Å²) in [5, 5.41) is 10.6. The van der Waals surface area contributed by atoms with Crippen LogP contribution in [0.4, 0.5) is 4.39 Å². The predicted molar refractivity (Wildman–Crippen MR) is 108 cm³/mol. The molecule has 0 saturated carbocycles. The van der Waals surface area contributed by atoms with Crippen molar-refractivity contribution in [2.75, 3.05) is 20.2 Å². The molecule has 0 aliphatic heterocycles. The third-order valence-electron chi connectivity index (χ3n) is 3.40. The molecule has 2 aromatic rings. The number of guanidine groups is 1. The van der Waals surface area contributed by atoms with Gasteiger partial charge in [-0.1, -0.05) is 6.07 Å². The van der Waals surface area contributed by atoms with E-state index in [9.17, 15) is 4.39 Å². The molecule has 0 aliphatic carbocycles. The van der Waals surface area contributed by atoms with Gasteiger partial charge in [-0.05, 0) is 37.1 Å². The molecule has 6 nitrogen and oxygen atoms in total. The Morgan fingerprint density at radius 2 is 2.20 bits per heavy atom. The second-order valence-corrected chi connectivity index (χ2v) is 5.21. The van der Waals surface area contributed by atoms with E-state index in [1.165, 1.54) is 13.2 Å². The number of aromatic nitrogens is 2. The fraction of sp³-hybridized carbons (Fsp3) is 0.412. The molecule has 25 heavy (non-hydrogen) atoms. The van der Waals surface area contributed by atoms with Crippen molar-refractivity contribution in [2.45, 2.75) is 26.4 Å². The first kappa shape index (κ1) is 21.2. The van der Waals surface area contributed by atoms with Crippen molar-refractivity contribution in [3.05, 3.63) is 48.0 Å². The monoisotopic (exact) mass is 461 g/mol. The minimum Gasteiger partial charge on any atom is -0.494 e. The van der Waals surface area contributed by atoms with Crippen LogP contribution < -0.4 is 15.4 Å². The second kappa shape index (κ2) is 11.7. The number of hydrogen-bond donors (Lipinski definition) is 2. The molecule has 1 aromatic carbocycles. The molecule has 0 spiro atoms. The maximum atomic E-state index is 13.7. The summed E-state index contributed by atoms with van der Waals surface area (Å²) in [5.74, 6) is 0.586. The number of halogens is 2. The van der Waals surface area contributed by atoms with Crippen LogP contribution in [-0.4, -0.2) is 35.9 Å². The lowest BCUT2D eigenvalue weighted by Gasteiger charge is -2.11. The van der Waals surface area contributed by atoms with Crippen LogP contribution in [0.25, 0.3) is 0 Å². The van der Waals surface area contributed by atoms with E-state index < -0.39 is 0 Å². The standard InChI is InChI=1S/C17H24FN5O.HI/c1-3-19-17(20-8-4-10-23-11-5-9-22-23)21-13-14-6-7-16(24-2)15(18)12-14;/h5-7,9,11-12H,3-4,8,10,13H2,1-2H3,(H2,19,20,21);1H. The topological polar surface area (TPSA) is 63.5 Å². The van der Waals surface area contributed by atoms with Gasteiger partial charge in [0.2, 0.25) is 0 Å². The molecule has 138 valence electrons. The van der Waals surface area contributed by atoms with Crippen molar-refractivity contribution >= 4 is 29.9 Å². The quantitative estimate of drug-likeness (QED) is 0.275. The number of methoxy groups -OCH3 is 1. The van der Waals surface area contributed by atoms with Gasteiger partial charge in [0.15, 0.2) is 17.5 Å². The number of nitrogens with zero attached hydrogens (tertiary/aromatic N) is 3. The molecule has 2 rings (SSSR count). The lowest BCUT2D eigenvalue weighted by atomic mass is 10.2. The molecule has 2 N–H and O–H groups in total. The van der Waals surface area contributed by atoms with Crippen LogP contribution in [0.1, 0.15) is 18.9 Å². The summed E-state index contributed by atoms with van der Waals surface area (Å²) in [4.78, 5) is 4.48. The predicted octanol–water partition coefficient (Wildman–Crippen LogP) is 2.79. The molecular formula is C17H25FIN5O. The molecule has 0 atom stereocenters. The van der Waals surface area contributed by atoms with Crippen LogP contribution in [0, 0.1) is 5.82 Å². The van der Waals surface area contributed by atoms with Gasteiger partial charge in [0.05, 0.1) is 13.7 Å². The Morgan fingerprint density at radius 3 is 2.84 bits per heavy atom. The van der Waals surface area contributed by atoms with Crippen molar-refractivity contribution in [1.82, 2.24) is 20.4 Å². The van der Waals surface area contributed by atoms with Gasteiger partial charge >= 0.3 is 0 Å². The van der Waals surface area contributed by atoms with Crippen LogP contribution in [0.5, 0.6) is 5.75 Å². The van der Waals surface area contributed by atoms with E-state index in [0.717, 1.165) is 31.6 Å². The summed E-state index contributed by atoms with van der Waals surface area (Å²) >= 11 is 0. The Hall–Kier alpha value is -1.84. The number of hydrogen-bond acceptors (Lipinski definition) is 3. The summed E-state index contributed by atoms with van der Waals surface area (Å²) < 4.78 is 20.5. The molecule has 1 heterocycles. The zero-order valence-electron chi connectivity index (χ0n) is 14.5. The second-order valence-electron chi connectivity index (χ2n) is 5.21. The number of rotatable bonds is 8. The van der Waals surface area contributed by atoms with Gasteiger partial charge in [0, 0.05) is 32.0 Å². The van der Waals surface area contributed by atoms with Crippen LogP contribution >= 0.6 is 24.0 Å². The smallest absolute Gasteiger partial charge is 0.191 e. The Morgan fingerprint density at radius 1 is 1.36 bits per heavy atom. The van der Waals surface area contributed by atoms with E-state index in [1.54, 1.807) is 12.3 Å². The zero-order chi connectivity index (χ0) is 17.2. The minimum atomic E-state index is -0.373. The Kier molecular flexibility index (Phi) is 9.90. The number of nitrogens with one attached hydrogen (secondary N) is 2. The molecule has 0 aliphatic rings. The normalized spacial score (nSPS) is 10.9. The highest BCUT2D eigenvalue weighted by Gasteiger charge is 2.03. The zero-order valence-corrected chi connectivity index (χ0v) is 16.9. The SMILES string of the molecule is CCNC(=NCc1ccc(OC)c(F)c1)NCCCn1cccn1.I. The maximum absolute atomic E-state index is 13.7. The van der Waals surface area contributed by atoms with E-state index in [0.29, 0.717) is 12.5 Å². The van der Waals surface area contributed by atoms with E-state index in [4.69, 9.17) is 4.74 Å². The largest absolute Gasteiger partial charge is 0.494 e. The lowest BCUT2D eigenvalue weighted by Crippen LogP contribution is -2.38. The van der Waals surface area contributed by atoms with Gasteiger partial charge in [0.25, 0.3) is 0 Å². The number of aliphatic imine (C=N–C) groups is 1. The summed E-state index contributed by atoms with van der Waals surface area (Å²) in [5.41, 5.74) is 0.794. The van der Waals surface area contributed by atoms with Crippen molar-refractivity contribution in [3.63, 3.8) is 0 Å². The van der Waals surface area contributed by atoms with E-state index in [-0.39, 0.29) is 35.5 Å². The van der Waals surface area contributed by atoms with Crippen LogP contribution in [-0.2, 0) is 13.1 Å². The fourth-order valence-corrected chi connectivity index (χ4v) is 2.20. The molecule has 0 amide bonds. The molecular weight excluding hydrogens is 436 g/mol. The summed E-state index contributed by atoms with van der Waals surface area (Å²) in [7, 11) is 1.45. The minimum absolute atomic E-state index is 0. The van der Waals surface area contributed by atoms with Gasteiger partial charge in [0.1, 0.15) is 0 Å². The summed E-state index contributed by atoms with van der Waals surface area (Å²) in [6.45, 7) is 4.80. The lowest BCUT2D eigenvalue weighted by molar-refractivity contribution is 0.386. The molecule has 0 bridgehead atoms. The third-order valence-corrected chi connectivity index (χ3v) is 3.40. The molecule has 0 radical (unpaired) electrons. The van der Waals surface area contributed by atoms with Gasteiger partial charge in [-0.25, -0.2) is 9.38 Å². The number of aryl methyl sites for hydroxylation is 1. The number of benzene rings is 1. The van der Waals surface area contributed by atoms with Crippen molar-refractivity contribution in [1.29, 1.82) is 0 Å². The molecule has 0 saturated heterocycles. The molecule has 0 unspecified atom stereocenters. The van der Waals surface area contributed by atoms with E-state index >= 15 is 0 Å². The fourth-order valence-electron chi connectivity index (χ4n) is 2.20. The molecule has 8 heteroatoms. The van der Waals surface area contributed by atoms with Crippen molar-refractivity contribution in [2.24, 2.45) is 4.99 Å². The molecule has 1 aromatic heterocycles. The highest BCUT2D eigenvalue weighted by molar-refractivity contribution is 14.0. The van der Waals surface area contributed by atoms with Crippen LogP contribution in [0.15, 0.2) is 41.7 Å². The maximum Gasteiger partial charge on any atom is 0.191 e. The molecule has 0 fully saturated rings. The van der Waals surface area contributed by atoms with E-state index in [1.807, 2.05) is 29.9 Å². The van der Waals surface area contributed by atoms with Crippen LogP contribution in [0.3, 0.4) is 0 Å². The Labute approximate surface area is 164 Å². The van der Waals surface area contributed by atoms with Crippen LogP contribution in [0.2, 0.25) is 0 Å². The Balaban J connectivity index is 0.00000312. The van der Waals surface area contributed by atoms with Gasteiger partial charge in [-0.2, -0.15) is 5.10 Å². The summed E-state index contributed by atoms with van der Waals surface area (Å²) in [6.07, 6.45) is 4.65. The van der Waals surface area contributed by atoms with Gasteiger partial charge < -0.3 is 15.4 Å². The first-order valence-corrected chi connectivity index (χ1v) is 8.05. The third kappa shape index (κ3) is 7.29. The first-order chi connectivity index (χ1) is 11.7. The number of ether oxygens (including phenoxy) is 1. The van der Waals surface area contributed by atoms with Gasteiger partial charge in [-0.15, -0.1) is 24.0 Å². The summed E-state index contributed by atoms with van der Waals surface area (Å²) in [6, 6.07) is 6.79. The average molecular weight is 461 g/mol. The van der Waals surface area contributed by atoms with Gasteiger partial charge in [-0.3, -0.25) is 4.68 Å². The average Bonchev–Trinajstić information content (AvgIpc) is 3.10.